The minimum absolute atomic E-state index is 0.0749. The highest BCUT2D eigenvalue weighted by molar-refractivity contribution is 6.09. The molecule has 2 aliphatic rings. The Hall–Kier alpha value is -1.59. The fourth-order valence-corrected chi connectivity index (χ4v) is 4.07. The van der Waals surface area contributed by atoms with E-state index < -0.39 is 11.6 Å². The van der Waals surface area contributed by atoms with Crippen LogP contribution >= 0.6 is 0 Å². The van der Waals surface area contributed by atoms with Gasteiger partial charge in [-0.1, -0.05) is 33.6 Å². The topological polar surface area (TPSA) is 78.5 Å². The average Bonchev–Trinajstić information content (AvgIpc) is 2.88. The number of carbonyl (C=O) groups is 3. The van der Waals surface area contributed by atoms with E-state index in [0.717, 1.165) is 24.2 Å². The summed E-state index contributed by atoms with van der Waals surface area (Å²) in [5.74, 6) is -0.540. The standard InChI is InChI=1S/C17H29N3O3/c1-15(2,3)11-16(4,5)18-12(21)10-20-13(22)17(19-14(20)23)8-6-7-9-17/h6-11H2,1-5H3,(H,18,21)(H,19,23). The maximum atomic E-state index is 12.5. The second kappa shape index (κ2) is 5.80. The van der Waals surface area contributed by atoms with E-state index >= 15 is 0 Å². The predicted molar refractivity (Wildman–Crippen MR) is 87.7 cm³/mol. The molecule has 0 bridgehead atoms. The fraction of sp³-hybridized carbons (Fsp3) is 0.824. The molecule has 0 radical (unpaired) electrons. The van der Waals surface area contributed by atoms with Crippen LogP contribution in [0.3, 0.4) is 0 Å². The largest absolute Gasteiger partial charge is 0.350 e. The van der Waals surface area contributed by atoms with Crippen molar-refractivity contribution in [3.05, 3.63) is 0 Å². The molecular weight excluding hydrogens is 294 g/mol. The van der Waals surface area contributed by atoms with Gasteiger partial charge in [-0.25, -0.2) is 4.79 Å². The van der Waals surface area contributed by atoms with Crippen molar-refractivity contribution in [2.24, 2.45) is 5.41 Å². The van der Waals surface area contributed by atoms with Gasteiger partial charge in [-0.3, -0.25) is 14.5 Å². The summed E-state index contributed by atoms with van der Waals surface area (Å²) in [6.45, 7) is 10.0. The van der Waals surface area contributed by atoms with Crippen LogP contribution in [0.1, 0.15) is 66.7 Å². The Morgan fingerprint density at radius 2 is 1.74 bits per heavy atom. The maximum absolute atomic E-state index is 12.5. The molecule has 1 saturated heterocycles. The van der Waals surface area contributed by atoms with E-state index in [1.54, 1.807) is 0 Å². The smallest absolute Gasteiger partial charge is 0.325 e. The van der Waals surface area contributed by atoms with Crippen LogP contribution in [0.4, 0.5) is 4.79 Å². The molecule has 1 saturated carbocycles. The van der Waals surface area contributed by atoms with Gasteiger partial charge in [0.05, 0.1) is 0 Å². The van der Waals surface area contributed by atoms with Crippen molar-refractivity contribution in [3.8, 4) is 0 Å². The van der Waals surface area contributed by atoms with E-state index in [2.05, 4.69) is 31.4 Å². The van der Waals surface area contributed by atoms with Gasteiger partial charge in [0.1, 0.15) is 12.1 Å². The van der Waals surface area contributed by atoms with E-state index in [1.165, 1.54) is 0 Å². The van der Waals surface area contributed by atoms with Gasteiger partial charge in [0.25, 0.3) is 5.91 Å². The SMILES string of the molecule is CC(C)(C)CC(C)(C)NC(=O)CN1C(=O)NC2(CCCC2)C1=O. The number of imide groups is 1. The molecule has 0 aromatic carbocycles. The number of amides is 4. The zero-order valence-corrected chi connectivity index (χ0v) is 14.9. The third kappa shape index (κ3) is 4.03. The average molecular weight is 323 g/mol. The lowest BCUT2D eigenvalue weighted by Crippen LogP contribution is -2.50. The lowest BCUT2D eigenvalue weighted by Gasteiger charge is -2.33. The molecule has 0 aromatic rings. The molecule has 1 heterocycles. The second-order valence-electron chi connectivity index (χ2n) is 8.78. The van der Waals surface area contributed by atoms with Gasteiger partial charge in [0.15, 0.2) is 0 Å². The lowest BCUT2D eigenvalue weighted by molar-refractivity contribution is -0.135. The number of rotatable bonds is 4. The number of carbonyl (C=O) groups excluding carboxylic acids is 3. The van der Waals surface area contributed by atoms with Crippen LogP contribution in [-0.4, -0.2) is 40.4 Å². The summed E-state index contributed by atoms with van der Waals surface area (Å²) in [5, 5.41) is 5.74. The van der Waals surface area contributed by atoms with Crippen molar-refractivity contribution in [3.63, 3.8) is 0 Å². The highest BCUT2D eigenvalue weighted by Gasteiger charge is 2.52. The lowest BCUT2D eigenvalue weighted by atomic mass is 9.82. The number of hydrogen-bond acceptors (Lipinski definition) is 3. The molecule has 2 rings (SSSR count). The Labute approximate surface area is 138 Å². The molecule has 0 aromatic heterocycles. The van der Waals surface area contributed by atoms with Crippen molar-refractivity contribution < 1.29 is 14.4 Å². The van der Waals surface area contributed by atoms with E-state index in [0.29, 0.717) is 12.8 Å². The Morgan fingerprint density at radius 3 is 2.26 bits per heavy atom. The van der Waals surface area contributed by atoms with Gasteiger partial charge < -0.3 is 10.6 Å². The van der Waals surface area contributed by atoms with Gasteiger partial charge in [-0.2, -0.15) is 0 Å². The van der Waals surface area contributed by atoms with Gasteiger partial charge in [0.2, 0.25) is 5.91 Å². The van der Waals surface area contributed by atoms with Crippen LogP contribution < -0.4 is 10.6 Å². The van der Waals surface area contributed by atoms with E-state index in [9.17, 15) is 14.4 Å². The number of urea groups is 1. The maximum Gasteiger partial charge on any atom is 0.325 e. The van der Waals surface area contributed by atoms with Crippen LogP contribution in [0.5, 0.6) is 0 Å². The third-order valence-electron chi connectivity index (χ3n) is 4.45. The minimum atomic E-state index is -0.752. The van der Waals surface area contributed by atoms with Crippen LogP contribution in [0.15, 0.2) is 0 Å². The first kappa shape index (κ1) is 17.8. The molecule has 2 fully saturated rings. The normalized spacial score (nSPS) is 21.0. The number of hydrogen-bond donors (Lipinski definition) is 2. The Morgan fingerprint density at radius 1 is 1.17 bits per heavy atom. The summed E-state index contributed by atoms with van der Waals surface area (Å²) in [4.78, 5) is 38.0. The van der Waals surface area contributed by atoms with Gasteiger partial charge in [0, 0.05) is 5.54 Å². The molecular formula is C17H29N3O3. The summed E-state index contributed by atoms with van der Waals surface area (Å²) < 4.78 is 0. The van der Waals surface area contributed by atoms with Crippen molar-refractivity contribution in [2.45, 2.75) is 77.8 Å². The van der Waals surface area contributed by atoms with Gasteiger partial charge in [-0.05, 0) is 38.5 Å². The van der Waals surface area contributed by atoms with Crippen molar-refractivity contribution in [1.29, 1.82) is 0 Å². The number of nitrogens with one attached hydrogen (secondary N) is 2. The summed E-state index contributed by atoms with van der Waals surface area (Å²) >= 11 is 0. The fourth-order valence-electron chi connectivity index (χ4n) is 4.07. The molecule has 4 amide bonds. The first-order valence-electron chi connectivity index (χ1n) is 8.39. The quantitative estimate of drug-likeness (QED) is 0.778. The summed E-state index contributed by atoms with van der Waals surface area (Å²) in [6.07, 6.45) is 4.02. The summed E-state index contributed by atoms with van der Waals surface area (Å²) in [5.41, 5.74) is -1.07. The molecule has 1 aliphatic heterocycles. The van der Waals surface area contributed by atoms with Crippen molar-refractivity contribution >= 4 is 17.8 Å². The first-order chi connectivity index (χ1) is 10.4. The van der Waals surface area contributed by atoms with Crippen molar-refractivity contribution in [2.75, 3.05) is 6.54 Å². The molecule has 0 unspecified atom stereocenters. The Balaban J connectivity index is 1.98. The highest BCUT2D eigenvalue weighted by atomic mass is 16.2. The van der Waals surface area contributed by atoms with Gasteiger partial charge >= 0.3 is 6.03 Å². The predicted octanol–water partition coefficient (Wildman–Crippen LogP) is 2.18. The van der Waals surface area contributed by atoms with Crippen LogP contribution in [0.25, 0.3) is 0 Å². The van der Waals surface area contributed by atoms with Crippen LogP contribution in [0, 0.1) is 5.41 Å². The molecule has 1 aliphatic carbocycles. The second-order valence-corrected chi connectivity index (χ2v) is 8.78. The highest BCUT2D eigenvalue weighted by Crippen LogP contribution is 2.35. The number of nitrogens with zero attached hydrogens (tertiary/aromatic N) is 1. The molecule has 0 atom stereocenters. The minimum Gasteiger partial charge on any atom is -0.350 e. The van der Waals surface area contributed by atoms with E-state index in [4.69, 9.17) is 0 Å². The molecule has 6 heteroatoms. The molecule has 1 spiro atoms. The summed E-state index contributed by atoms with van der Waals surface area (Å²) in [6, 6.07) is -0.444. The third-order valence-corrected chi connectivity index (χ3v) is 4.45. The van der Waals surface area contributed by atoms with Crippen molar-refractivity contribution in [1.82, 2.24) is 15.5 Å². The van der Waals surface area contributed by atoms with Gasteiger partial charge in [-0.15, -0.1) is 0 Å². The molecule has 2 N–H and O–H groups in total. The molecule has 130 valence electrons. The Bertz CT molecular complexity index is 514. The van der Waals surface area contributed by atoms with Crippen LogP contribution in [-0.2, 0) is 9.59 Å². The first-order valence-corrected chi connectivity index (χ1v) is 8.39. The zero-order valence-electron chi connectivity index (χ0n) is 14.9. The monoisotopic (exact) mass is 323 g/mol. The molecule has 6 nitrogen and oxygen atoms in total. The van der Waals surface area contributed by atoms with E-state index in [1.807, 2.05) is 13.8 Å². The Kier molecular flexibility index (Phi) is 4.48. The zero-order chi connectivity index (χ0) is 17.5. The van der Waals surface area contributed by atoms with E-state index in [-0.39, 0.29) is 29.3 Å². The summed E-state index contributed by atoms with van der Waals surface area (Å²) in [7, 11) is 0. The molecule has 23 heavy (non-hydrogen) atoms. The van der Waals surface area contributed by atoms with Crippen LogP contribution in [0.2, 0.25) is 0 Å².